The summed E-state index contributed by atoms with van der Waals surface area (Å²) in [5.41, 5.74) is 16.0. The van der Waals surface area contributed by atoms with Crippen LogP contribution in [0.3, 0.4) is 0 Å². The van der Waals surface area contributed by atoms with Crippen LogP contribution in [0.5, 0.6) is 0 Å². The van der Waals surface area contributed by atoms with Gasteiger partial charge in [-0.3, -0.25) is 0 Å². The van der Waals surface area contributed by atoms with Gasteiger partial charge in [0.15, 0.2) is 0 Å². The zero-order chi connectivity index (χ0) is 44.3. The van der Waals surface area contributed by atoms with Crippen LogP contribution < -0.4 is 0 Å². The second-order valence-electron chi connectivity index (χ2n) is 21.6. The van der Waals surface area contributed by atoms with Gasteiger partial charge < -0.3 is 0 Å². The molecule has 1 aliphatic rings. The fraction of sp³-hybridized carbons (Fsp3) is 0.169. The lowest BCUT2D eigenvalue weighted by atomic mass is 9.76. The van der Waals surface area contributed by atoms with Crippen LogP contribution in [0.1, 0.15) is 77.6 Å². The largest absolute Gasteiger partial charge is 0.0622 e. The van der Waals surface area contributed by atoms with Crippen molar-refractivity contribution in [2.45, 2.75) is 71.6 Å². The minimum absolute atomic E-state index is 0.0316. The predicted octanol–water partition coefficient (Wildman–Crippen LogP) is 18.5. The first kappa shape index (κ1) is 38.4. The zero-order valence-electron chi connectivity index (χ0n) is 38.7. The van der Waals surface area contributed by atoms with Gasteiger partial charge in [0.1, 0.15) is 0 Å². The molecule has 0 heteroatoms. The van der Waals surface area contributed by atoms with Crippen molar-refractivity contribution in [3.8, 4) is 44.5 Å². The minimum Gasteiger partial charge on any atom is -0.0622 e. The van der Waals surface area contributed by atoms with Crippen molar-refractivity contribution in [1.82, 2.24) is 0 Å². The highest BCUT2D eigenvalue weighted by Crippen LogP contribution is 2.58. The Morgan fingerprint density at radius 2 is 0.800 bits per heavy atom. The molecule has 0 aliphatic heterocycles. The highest BCUT2D eigenvalue weighted by atomic mass is 14.4. The van der Waals surface area contributed by atoms with E-state index in [1.165, 1.54) is 142 Å². The normalized spacial score (nSPS) is 14.0. The van der Waals surface area contributed by atoms with Gasteiger partial charge in [-0.2, -0.15) is 0 Å². The maximum atomic E-state index is 2.54. The van der Waals surface area contributed by atoms with Crippen LogP contribution in [-0.2, 0) is 16.2 Å². The van der Waals surface area contributed by atoms with Gasteiger partial charge in [0.25, 0.3) is 0 Å². The molecular formula is C65H52. The molecule has 312 valence electrons. The van der Waals surface area contributed by atoms with E-state index in [1.807, 2.05) is 0 Å². The number of hydrogen-bond donors (Lipinski definition) is 0. The number of hydrogen-bond acceptors (Lipinski definition) is 0. The summed E-state index contributed by atoms with van der Waals surface area (Å²) in [6.07, 6.45) is 0. The average molecular weight is 833 g/mol. The Bertz CT molecular complexity index is 3940. The summed E-state index contributed by atoms with van der Waals surface area (Å²) < 4.78 is 0. The first-order valence-corrected chi connectivity index (χ1v) is 23.5. The third kappa shape index (κ3) is 5.20. The van der Waals surface area contributed by atoms with Crippen LogP contribution in [-0.4, -0.2) is 0 Å². The van der Waals surface area contributed by atoms with Gasteiger partial charge in [-0.25, -0.2) is 0 Å². The molecule has 0 aromatic heterocycles. The number of benzene rings is 10. The summed E-state index contributed by atoms with van der Waals surface area (Å²) in [6, 6.07) is 65.5. The highest BCUT2D eigenvalue weighted by molar-refractivity contribution is 6.45. The lowest BCUT2D eigenvalue weighted by Crippen LogP contribution is -2.19. The molecule has 0 nitrogen and oxygen atoms in total. The molecule has 0 amide bonds. The van der Waals surface area contributed by atoms with E-state index in [9.17, 15) is 0 Å². The summed E-state index contributed by atoms with van der Waals surface area (Å²) in [5, 5.41) is 18.6. The fourth-order valence-electron chi connectivity index (χ4n) is 12.2. The van der Waals surface area contributed by atoms with Gasteiger partial charge >= 0.3 is 0 Å². The van der Waals surface area contributed by atoms with Crippen LogP contribution in [0.25, 0.3) is 120 Å². The molecule has 12 aromatic rings. The Kier molecular flexibility index (Phi) is 7.72. The smallest absolute Gasteiger partial charge is 0.0159 e. The molecule has 0 spiro atoms. The van der Waals surface area contributed by atoms with Crippen molar-refractivity contribution < 1.29 is 0 Å². The van der Waals surface area contributed by atoms with E-state index in [0.29, 0.717) is 0 Å². The fourth-order valence-corrected chi connectivity index (χ4v) is 12.2. The summed E-state index contributed by atoms with van der Waals surface area (Å²) >= 11 is 0. The van der Waals surface area contributed by atoms with E-state index >= 15 is 0 Å². The van der Waals surface area contributed by atoms with Gasteiger partial charge in [0.2, 0.25) is 0 Å². The Morgan fingerprint density at radius 3 is 1.48 bits per heavy atom. The highest BCUT2D eigenvalue weighted by Gasteiger charge is 2.39. The maximum Gasteiger partial charge on any atom is 0.0159 e. The molecule has 1 aliphatic carbocycles. The van der Waals surface area contributed by atoms with Crippen molar-refractivity contribution >= 4 is 75.4 Å². The second kappa shape index (κ2) is 13.0. The van der Waals surface area contributed by atoms with E-state index in [1.54, 1.807) is 0 Å². The minimum atomic E-state index is -0.146. The van der Waals surface area contributed by atoms with Gasteiger partial charge in [0, 0.05) is 5.41 Å². The van der Waals surface area contributed by atoms with Gasteiger partial charge in [-0.05, 0) is 165 Å². The summed E-state index contributed by atoms with van der Waals surface area (Å²) in [7, 11) is 0. The van der Waals surface area contributed by atoms with Crippen LogP contribution in [0, 0.1) is 0 Å². The van der Waals surface area contributed by atoms with Gasteiger partial charge in [-0.15, -0.1) is 0 Å². The van der Waals surface area contributed by atoms with Crippen molar-refractivity contribution in [2.24, 2.45) is 0 Å². The summed E-state index contributed by atoms with van der Waals surface area (Å²) in [4.78, 5) is 0. The Morgan fingerprint density at radius 1 is 0.292 bits per heavy atom. The molecule has 0 saturated carbocycles. The zero-order valence-corrected chi connectivity index (χ0v) is 38.7. The summed E-state index contributed by atoms with van der Waals surface area (Å²) in [6.45, 7) is 19.0. The molecule has 0 radical (unpaired) electrons. The van der Waals surface area contributed by atoms with Crippen molar-refractivity contribution in [1.29, 1.82) is 0 Å². The lowest BCUT2D eigenvalue weighted by molar-refractivity contribution is 0.580. The lowest BCUT2D eigenvalue weighted by Gasteiger charge is -2.27. The third-order valence-corrected chi connectivity index (χ3v) is 15.4. The van der Waals surface area contributed by atoms with Crippen LogP contribution in [0.2, 0.25) is 0 Å². The van der Waals surface area contributed by atoms with Crippen molar-refractivity contribution in [2.75, 3.05) is 0 Å². The molecule has 12 aromatic carbocycles. The average Bonchev–Trinajstić information content (AvgIpc) is 3.89. The Balaban J connectivity index is 1.23. The van der Waals surface area contributed by atoms with E-state index < -0.39 is 0 Å². The topological polar surface area (TPSA) is 0 Å². The quantitative estimate of drug-likeness (QED) is 0.156. The molecule has 0 atom stereocenters. The standard InChI is InChI=1S/C65H52/c1-63(2,3)39-29-30-46-53(34-39)65(7,8)54-35-40(64(4,5)6)33-50(59(46)54)43-31-32-49-57-45(43)26-18-28-48(57)62-56(38-21-13-10-14-22-38)60-47-27-17-25-44-41-23-15-16-24-42(41)51(58(44)47)36-52(60)55(61(49)62)37-19-11-9-12-20-37/h9-36H,1-8H3. The van der Waals surface area contributed by atoms with E-state index in [-0.39, 0.29) is 16.2 Å². The second-order valence-corrected chi connectivity index (χ2v) is 21.6. The first-order chi connectivity index (χ1) is 31.3. The Hall–Kier alpha value is -7.02. The first-order valence-electron chi connectivity index (χ1n) is 23.5. The molecule has 13 rings (SSSR count). The molecular weight excluding hydrogens is 781 g/mol. The monoisotopic (exact) mass is 832 g/mol. The maximum absolute atomic E-state index is 2.54. The summed E-state index contributed by atoms with van der Waals surface area (Å²) in [5.74, 6) is 0. The van der Waals surface area contributed by atoms with Crippen LogP contribution >= 0.6 is 0 Å². The molecule has 65 heavy (non-hydrogen) atoms. The van der Waals surface area contributed by atoms with Gasteiger partial charge in [-0.1, -0.05) is 213 Å². The van der Waals surface area contributed by atoms with Gasteiger partial charge in [0.05, 0.1) is 0 Å². The SMILES string of the molecule is CC(C)(C)c1ccc2c(c1)C(C)(C)c1cc(C(C)(C)C)cc(-c3ccc4c5c(-c6ccccc6)c6cc7c8ccccc8c8cccc(c6c(-c6ccccc6)c5c5cccc3c45)c87)c1-2. The molecule has 0 fully saturated rings. The van der Waals surface area contributed by atoms with Crippen molar-refractivity contribution in [3.05, 3.63) is 192 Å². The molecule has 0 N–H and O–H groups in total. The van der Waals surface area contributed by atoms with Crippen LogP contribution in [0.15, 0.2) is 170 Å². The van der Waals surface area contributed by atoms with Crippen molar-refractivity contribution in [3.63, 3.8) is 0 Å². The van der Waals surface area contributed by atoms with E-state index in [4.69, 9.17) is 0 Å². The van der Waals surface area contributed by atoms with Crippen LogP contribution in [0.4, 0.5) is 0 Å². The third-order valence-electron chi connectivity index (χ3n) is 15.4. The number of fused-ring (bicyclic) bond motifs is 11. The molecule has 0 bridgehead atoms. The van der Waals surface area contributed by atoms with E-state index in [2.05, 4.69) is 225 Å². The molecule has 0 unspecified atom stereocenters. The Labute approximate surface area is 381 Å². The molecule has 0 heterocycles. The molecule has 0 saturated heterocycles. The number of rotatable bonds is 3. The predicted molar refractivity (Wildman–Crippen MR) is 283 cm³/mol. The van der Waals surface area contributed by atoms with E-state index in [0.717, 1.165) is 0 Å².